The first-order valence-corrected chi connectivity index (χ1v) is 9.85. The number of benzene rings is 2. The molecule has 0 saturated heterocycles. The summed E-state index contributed by atoms with van der Waals surface area (Å²) in [7, 11) is 0. The van der Waals surface area contributed by atoms with Gasteiger partial charge >= 0.3 is 6.18 Å². The zero-order valence-electron chi connectivity index (χ0n) is 16.9. The van der Waals surface area contributed by atoms with Crippen molar-refractivity contribution in [1.29, 1.82) is 0 Å². The average Bonchev–Trinajstić information content (AvgIpc) is 3.26. The van der Waals surface area contributed by atoms with Gasteiger partial charge < -0.3 is 10.3 Å². The lowest BCUT2D eigenvalue weighted by Crippen LogP contribution is -2.10. The number of aryl methyl sites for hydroxylation is 1. The minimum atomic E-state index is -4.50. The van der Waals surface area contributed by atoms with E-state index in [0.29, 0.717) is 28.1 Å². The molecule has 2 N–H and O–H groups in total. The first-order chi connectivity index (χ1) is 15.4. The van der Waals surface area contributed by atoms with Gasteiger partial charge in [-0.3, -0.25) is 0 Å². The molecule has 5 rings (SSSR count). The predicted octanol–water partition coefficient (Wildman–Crippen LogP) is 5.51. The van der Waals surface area contributed by atoms with Crippen LogP contribution in [-0.2, 0) is 12.7 Å². The summed E-state index contributed by atoms with van der Waals surface area (Å²) in [6.07, 6.45) is -1.61. The van der Waals surface area contributed by atoms with Crippen molar-refractivity contribution in [2.75, 3.05) is 5.32 Å². The van der Waals surface area contributed by atoms with E-state index < -0.39 is 11.7 Å². The molecule has 0 unspecified atom stereocenters. The van der Waals surface area contributed by atoms with Gasteiger partial charge in [-0.25, -0.2) is 19.9 Å². The van der Waals surface area contributed by atoms with Crippen molar-refractivity contribution in [3.63, 3.8) is 0 Å². The molecular formula is C23H17F3N6. The molecule has 0 aliphatic rings. The van der Waals surface area contributed by atoms with Gasteiger partial charge in [-0.2, -0.15) is 13.2 Å². The van der Waals surface area contributed by atoms with Crippen LogP contribution in [0.2, 0.25) is 0 Å². The highest BCUT2D eigenvalue weighted by Crippen LogP contribution is 2.38. The monoisotopic (exact) mass is 434 g/mol. The van der Waals surface area contributed by atoms with E-state index in [1.165, 1.54) is 24.8 Å². The van der Waals surface area contributed by atoms with Crippen molar-refractivity contribution < 1.29 is 13.2 Å². The Kier molecular flexibility index (Phi) is 4.73. The number of hydrogen-bond donors (Lipinski definition) is 2. The number of alkyl halides is 3. The molecule has 5 aromatic rings. The number of anilines is 1. The lowest BCUT2D eigenvalue weighted by atomic mass is 9.97. The second-order valence-electron chi connectivity index (χ2n) is 7.36. The Balaban J connectivity index is 1.66. The minimum Gasteiger partial charge on any atom is -0.364 e. The molecule has 0 atom stereocenters. The Labute approximate surface area is 180 Å². The largest absolute Gasteiger partial charge is 0.417 e. The summed E-state index contributed by atoms with van der Waals surface area (Å²) < 4.78 is 41.3. The highest BCUT2D eigenvalue weighted by Gasteiger charge is 2.34. The van der Waals surface area contributed by atoms with Crippen LogP contribution in [0.5, 0.6) is 0 Å². The molecule has 6 nitrogen and oxygen atoms in total. The van der Waals surface area contributed by atoms with Crippen LogP contribution in [0.1, 0.15) is 16.7 Å². The minimum absolute atomic E-state index is 0.0383. The number of imidazole rings is 1. The van der Waals surface area contributed by atoms with Crippen LogP contribution in [0.15, 0.2) is 61.2 Å². The summed E-state index contributed by atoms with van der Waals surface area (Å²) in [5, 5.41) is 4.05. The lowest BCUT2D eigenvalue weighted by Gasteiger charge is -2.17. The third kappa shape index (κ3) is 3.51. The van der Waals surface area contributed by atoms with Gasteiger partial charge in [-0.1, -0.05) is 36.4 Å². The zero-order chi connectivity index (χ0) is 22.3. The summed E-state index contributed by atoms with van der Waals surface area (Å²) in [6.45, 7) is 2.10. The predicted molar refractivity (Wildman–Crippen MR) is 116 cm³/mol. The van der Waals surface area contributed by atoms with Gasteiger partial charge in [0.2, 0.25) is 0 Å². The molecule has 0 spiro atoms. The van der Waals surface area contributed by atoms with E-state index in [2.05, 4.69) is 25.3 Å². The first kappa shape index (κ1) is 19.9. The molecule has 3 aromatic heterocycles. The Morgan fingerprint density at radius 2 is 1.84 bits per heavy atom. The molecule has 2 aromatic carbocycles. The number of rotatable bonds is 4. The maximum absolute atomic E-state index is 13.8. The fraction of sp³-hybridized carbons (Fsp3) is 0.130. The van der Waals surface area contributed by atoms with Crippen molar-refractivity contribution in [3.05, 3.63) is 77.9 Å². The summed E-state index contributed by atoms with van der Waals surface area (Å²) in [4.78, 5) is 20.1. The maximum Gasteiger partial charge on any atom is 0.417 e. The SMILES string of the molecule is Cc1cccc2cc(CNc3ncnc4nc[nH]c34)c(-c3ccccc3C(F)(F)F)nc12. The number of aromatic amines is 1. The first-order valence-electron chi connectivity index (χ1n) is 9.85. The van der Waals surface area contributed by atoms with Crippen molar-refractivity contribution in [2.45, 2.75) is 19.6 Å². The second-order valence-corrected chi connectivity index (χ2v) is 7.36. The number of halogens is 3. The van der Waals surface area contributed by atoms with E-state index in [0.717, 1.165) is 17.0 Å². The van der Waals surface area contributed by atoms with Gasteiger partial charge in [0, 0.05) is 17.5 Å². The molecule has 0 fully saturated rings. The van der Waals surface area contributed by atoms with Crippen LogP contribution in [0, 0.1) is 6.92 Å². The van der Waals surface area contributed by atoms with Crippen LogP contribution in [0.25, 0.3) is 33.3 Å². The topological polar surface area (TPSA) is 79.4 Å². The van der Waals surface area contributed by atoms with Crippen LogP contribution >= 0.6 is 0 Å². The van der Waals surface area contributed by atoms with Gasteiger partial charge in [0.05, 0.1) is 23.1 Å². The fourth-order valence-corrected chi connectivity index (χ4v) is 3.77. The van der Waals surface area contributed by atoms with E-state index >= 15 is 0 Å². The summed E-state index contributed by atoms with van der Waals surface area (Å²) in [5.41, 5.74) is 2.89. The van der Waals surface area contributed by atoms with Crippen LogP contribution in [-0.4, -0.2) is 24.9 Å². The third-order valence-corrected chi connectivity index (χ3v) is 5.28. The molecule has 0 bridgehead atoms. The molecule has 9 heteroatoms. The van der Waals surface area contributed by atoms with Crippen molar-refractivity contribution >= 4 is 27.9 Å². The number of aromatic nitrogens is 5. The molecule has 0 aliphatic carbocycles. The van der Waals surface area contributed by atoms with E-state index in [4.69, 9.17) is 4.98 Å². The smallest absolute Gasteiger partial charge is 0.364 e. The maximum atomic E-state index is 13.8. The number of hydrogen-bond acceptors (Lipinski definition) is 5. The highest BCUT2D eigenvalue weighted by molar-refractivity contribution is 5.87. The average molecular weight is 434 g/mol. The zero-order valence-corrected chi connectivity index (χ0v) is 16.9. The molecule has 160 valence electrons. The molecule has 0 aliphatic heterocycles. The summed E-state index contributed by atoms with van der Waals surface area (Å²) in [6, 6.07) is 13.1. The second kappa shape index (κ2) is 7.60. The molecule has 0 amide bonds. The Bertz CT molecular complexity index is 1440. The lowest BCUT2D eigenvalue weighted by molar-refractivity contribution is -0.137. The molecule has 0 radical (unpaired) electrons. The normalized spacial score (nSPS) is 11.9. The van der Waals surface area contributed by atoms with Gasteiger partial charge in [-0.15, -0.1) is 0 Å². The number of nitrogens with zero attached hydrogens (tertiary/aromatic N) is 4. The standard InChI is InChI=1S/C23H17F3N6/c1-13-5-4-6-14-9-15(10-27-21-20-22(29-11-28-20)31-12-30-21)19(32-18(13)14)16-7-2-3-8-17(16)23(24,25)26/h2-9,11-12H,10H2,1H3,(H2,27,28,29,30,31). The number of H-pyrrole nitrogens is 1. The Morgan fingerprint density at radius 3 is 2.69 bits per heavy atom. The number of pyridine rings is 1. The summed E-state index contributed by atoms with van der Waals surface area (Å²) >= 11 is 0. The van der Waals surface area contributed by atoms with E-state index in [-0.39, 0.29) is 17.8 Å². The molecule has 32 heavy (non-hydrogen) atoms. The van der Waals surface area contributed by atoms with Gasteiger partial charge in [0.15, 0.2) is 11.5 Å². The third-order valence-electron chi connectivity index (χ3n) is 5.28. The number of para-hydroxylation sites is 1. The Hall–Kier alpha value is -4.01. The molecule has 0 saturated carbocycles. The quantitative estimate of drug-likeness (QED) is 0.390. The number of nitrogens with one attached hydrogen (secondary N) is 2. The van der Waals surface area contributed by atoms with E-state index in [1.807, 2.05) is 31.2 Å². The Morgan fingerprint density at radius 1 is 1.00 bits per heavy atom. The van der Waals surface area contributed by atoms with E-state index in [9.17, 15) is 13.2 Å². The van der Waals surface area contributed by atoms with E-state index in [1.54, 1.807) is 6.07 Å². The van der Waals surface area contributed by atoms with Crippen LogP contribution < -0.4 is 5.32 Å². The van der Waals surface area contributed by atoms with Gasteiger partial charge in [0.25, 0.3) is 0 Å². The fourth-order valence-electron chi connectivity index (χ4n) is 3.77. The van der Waals surface area contributed by atoms with Crippen LogP contribution in [0.3, 0.4) is 0 Å². The summed E-state index contributed by atoms with van der Waals surface area (Å²) in [5.74, 6) is 0.506. The van der Waals surface area contributed by atoms with Crippen LogP contribution in [0.4, 0.5) is 19.0 Å². The molecular weight excluding hydrogens is 417 g/mol. The van der Waals surface area contributed by atoms with Crippen molar-refractivity contribution in [3.8, 4) is 11.3 Å². The highest BCUT2D eigenvalue weighted by atomic mass is 19.4. The van der Waals surface area contributed by atoms with Gasteiger partial charge in [-0.05, 0) is 30.2 Å². The van der Waals surface area contributed by atoms with Crippen molar-refractivity contribution in [1.82, 2.24) is 24.9 Å². The van der Waals surface area contributed by atoms with Gasteiger partial charge in [0.1, 0.15) is 11.8 Å². The number of fused-ring (bicyclic) bond motifs is 2. The van der Waals surface area contributed by atoms with Crippen molar-refractivity contribution in [2.24, 2.45) is 0 Å². The molecule has 3 heterocycles.